The Kier molecular flexibility index (Phi) is 5.55. The zero-order valence-electron chi connectivity index (χ0n) is 18.4. The van der Waals surface area contributed by atoms with Crippen LogP contribution in [0, 0.1) is 17.2 Å². The Morgan fingerprint density at radius 3 is 2.56 bits per heavy atom. The third kappa shape index (κ3) is 4.25. The van der Waals surface area contributed by atoms with Crippen LogP contribution in [0.15, 0.2) is 27.9 Å². The Bertz CT molecular complexity index is 1210. The summed E-state index contributed by atoms with van der Waals surface area (Å²) in [4.78, 5) is 12.8. The van der Waals surface area contributed by atoms with Crippen LogP contribution in [0.3, 0.4) is 0 Å². The summed E-state index contributed by atoms with van der Waals surface area (Å²) in [7, 11) is -4.28. The van der Waals surface area contributed by atoms with Gasteiger partial charge in [0.25, 0.3) is 10.0 Å². The van der Waals surface area contributed by atoms with Crippen molar-refractivity contribution in [2.24, 2.45) is 5.92 Å². The second-order valence-electron chi connectivity index (χ2n) is 9.21. The molecule has 3 N–H and O–H groups in total. The van der Waals surface area contributed by atoms with Crippen molar-refractivity contribution in [3.63, 3.8) is 0 Å². The quantitative estimate of drug-likeness (QED) is 0.603. The van der Waals surface area contributed by atoms with Gasteiger partial charge in [0.05, 0.1) is 23.5 Å². The number of nitrogens with zero attached hydrogens (tertiary/aromatic N) is 1. The van der Waals surface area contributed by atoms with Gasteiger partial charge in [-0.05, 0) is 80.5 Å². The predicted octanol–water partition coefficient (Wildman–Crippen LogP) is 3.89. The first-order chi connectivity index (χ1) is 15.0. The molecule has 2 aromatic rings. The molecular formula is C23H27N3O5S. The van der Waals surface area contributed by atoms with Gasteiger partial charge in [0.15, 0.2) is 0 Å². The molecule has 2 amide bonds. The van der Waals surface area contributed by atoms with Crippen molar-refractivity contribution >= 4 is 21.7 Å². The SMILES string of the molecule is CC(c1cc(C#N)c2c(c1NC(=O)NS(=O)(=O)c1cc(C(C)(C)O)co1)CCC2)C1CC1. The molecule has 1 aromatic carbocycles. The molecule has 1 fully saturated rings. The lowest BCUT2D eigenvalue weighted by atomic mass is 9.88. The minimum Gasteiger partial charge on any atom is -0.451 e. The molecule has 0 saturated heterocycles. The van der Waals surface area contributed by atoms with E-state index in [0.29, 0.717) is 17.2 Å². The van der Waals surface area contributed by atoms with Crippen LogP contribution < -0.4 is 10.0 Å². The fourth-order valence-electron chi connectivity index (χ4n) is 4.35. The van der Waals surface area contributed by atoms with E-state index in [4.69, 9.17) is 4.42 Å². The third-order valence-electron chi connectivity index (χ3n) is 6.39. The summed E-state index contributed by atoms with van der Waals surface area (Å²) in [5, 5.41) is 21.9. The molecule has 0 spiro atoms. The van der Waals surface area contributed by atoms with Crippen LogP contribution in [0.1, 0.15) is 73.8 Å². The Hall–Kier alpha value is -2.83. The monoisotopic (exact) mass is 457 g/mol. The summed E-state index contributed by atoms with van der Waals surface area (Å²) in [5.41, 5.74) is 2.97. The van der Waals surface area contributed by atoms with Gasteiger partial charge < -0.3 is 14.8 Å². The van der Waals surface area contributed by atoms with Crippen LogP contribution in [0.5, 0.6) is 0 Å². The molecular weight excluding hydrogens is 430 g/mol. The van der Waals surface area contributed by atoms with E-state index in [1.165, 1.54) is 19.9 Å². The summed E-state index contributed by atoms with van der Waals surface area (Å²) in [5.74, 6) is 0.649. The first kappa shape index (κ1) is 22.4. The number of sulfonamides is 1. The van der Waals surface area contributed by atoms with E-state index in [-0.39, 0.29) is 11.5 Å². The lowest BCUT2D eigenvalue weighted by Gasteiger charge is -2.21. The van der Waals surface area contributed by atoms with E-state index in [1.807, 2.05) is 10.8 Å². The second-order valence-corrected chi connectivity index (χ2v) is 10.8. The molecule has 4 rings (SSSR count). The molecule has 0 bridgehead atoms. The van der Waals surface area contributed by atoms with Gasteiger partial charge in [0, 0.05) is 17.3 Å². The summed E-state index contributed by atoms with van der Waals surface area (Å²) in [6.45, 7) is 5.08. The molecule has 1 heterocycles. The number of amides is 2. The van der Waals surface area contributed by atoms with Crippen molar-refractivity contribution in [1.29, 1.82) is 5.26 Å². The van der Waals surface area contributed by atoms with Crippen LogP contribution in [0.25, 0.3) is 0 Å². The van der Waals surface area contributed by atoms with E-state index < -0.39 is 26.7 Å². The number of urea groups is 1. The van der Waals surface area contributed by atoms with E-state index in [2.05, 4.69) is 18.3 Å². The van der Waals surface area contributed by atoms with Crippen LogP contribution in [0.2, 0.25) is 0 Å². The molecule has 1 saturated carbocycles. The van der Waals surface area contributed by atoms with Gasteiger partial charge in [0.1, 0.15) is 0 Å². The topological polar surface area (TPSA) is 132 Å². The highest BCUT2D eigenvalue weighted by Gasteiger charge is 2.34. The molecule has 1 atom stereocenters. The fraction of sp³-hybridized carbons (Fsp3) is 0.478. The maximum atomic E-state index is 12.8. The average Bonchev–Trinajstić information content (AvgIpc) is 3.21. The molecule has 32 heavy (non-hydrogen) atoms. The first-order valence-corrected chi connectivity index (χ1v) is 12.2. The number of fused-ring (bicyclic) bond motifs is 1. The lowest BCUT2D eigenvalue weighted by Crippen LogP contribution is -2.35. The van der Waals surface area contributed by atoms with Crippen LogP contribution in [0.4, 0.5) is 10.5 Å². The maximum Gasteiger partial charge on any atom is 0.333 e. The van der Waals surface area contributed by atoms with Gasteiger partial charge in [-0.3, -0.25) is 0 Å². The largest absolute Gasteiger partial charge is 0.451 e. The highest BCUT2D eigenvalue weighted by molar-refractivity contribution is 7.89. The van der Waals surface area contributed by atoms with Crippen molar-refractivity contribution in [3.05, 3.63) is 46.2 Å². The zero-order valence-corrected chi connectivity index (χ0v) is 19.2. The van der Waals surface area contributed by atoms with Gasteiger partial charge >= 0.3 is 6.03 Å². The second kappa shape index (κ2) is 7.94. The maximum absolute atomic E-state index is 12.8. The molecule has 1 aromatic heterocycles. The van der Waals surface area contributed by atoms with Crippen molar-refractivity contribution in [2.45, 2.75) is 69.5 Å². The number of hydrogen-bond donors (Lipinski definition) is 3. The van der Waals surface area contributed by atoms with Crippen molar-refractivity contribution in [3.8, 4) is 6.07 Å². The number of carbonyl (C=O) groups excluding carboxylic acids is 1. The van der Waals surface area contributed by atoms with Crippen LogP contribution in [-0.2, 0) is 28.5 Å². The van der Waals surface area contributed by atoms with E-state index in [1.54, 1.807) is 0 Å². The molecule has 0 radical (unpaired) electrons. The number of benzene rings is 1. The van der Waals surface area contributed by atoms with Gasteiger partial charge in [-0.15, -0.1) is 0 Å². The Morgan fingerprint density at radius 2 is 1.97 bits per heavy atom. The summed E-state index contributed by atoms with van der Waals surface area (Å²) in [6, 6.07) is 4.42. The smallest absolute Gasteiger partial charge is 0.333 e. The number of nitriles is 1. The Morgan fingerprint density at radius 1 is 1.28 bits per heavy atom. The molecule has 2 aliphatic carbocycles. The molecule has 9 heteroatoms. The number of carbonyl (C=O) groups is 1. The standard InChI is InChI=1S/C23H27N3O5S/c1-13(14-7-8-14)19-9-15(11-24)17-5-4-6-18(17)21(19)25-22(27)26-32(29,30)20-10-16(12-31-20)23(2,3)28/h9-10,12-14,28H,4-8H2,1-3H3,(H2,25,26,27). The lowest BCUT2D eigenvalue weighted by molar-refractivity contribution is 0.0779. The average molecular weight is 458 g/mol. The Balaban J connectivity index is 1.62. The molecule has 2 aliphatic rings. The van der Waals surface area contributed by atoms with E-state index in [0.717, 1.165) is 55.1 Å². The number of nitrogens with one attached hydrogen (secondary N) is 2. The minimum atomic E-state index is -4.28. The number of anilines is 1. The normalized spacial score (nSPS) is 16.8. The van der Waals surface area contributed by atoms with Crippen molar-refractivity contribution in [1.82, 2.24) is 4.72 Å². The van der Waals surface area contributed by atoms with E-state index >= 15 is 0 Å². The van der Waals surface area contributed by atoms with Crippen LogP contribution in [-0.4, -0.2) is 19.6 Å². The number of furan rings is 1. The highest BCUT2D eigenvalue weighted by Crippen LogP contribution is 2.47. The van der Waals surface area contributed by atoms with Gasteiger partial charge in [-0.1, -0.05) is 6.92 Å². The van der Waals surface area contributed by atoms with Gasteiger partial charge in [-0.2, -0.15) is 13.7 Å². The Labute approximate surface area is 187 Å². The highest BCUT2D eigenvalue weighted by atomic mass is 32.2. The van der Waals surface area contributed by atoms with Gasteiger partial charge in [0.2, 0.25) is 5.09 Å². The zero-order chi connectivity index (χ0) is 23.3. The first-order valence-electron chi connectivity index (χ1n) is 10.7. The van der Waals surface area contributed by atoms with Gasteiger partial charge in [-0.25, -0.2) is 9.52 Å². The number of rotatable bonds is 6. The molecule has 1 unspecified atom stereocenters. The predicted molar refractivity (Wildman–Crippen MR) is 118 cm³/mol. The molecule has 8 nitrogen and oxygen atoms in total. The summed E-state index contributed by atoms with van der Waals surface area (Å²) < 4.78 is 32.4. The number of hydrogen-bond acceptors (Lipinski definition) is 6. The number of aliphatic hydroxyl groups is 1. The summed E-state index contributed by atoms with van der Waals surface area (Å²) in [6.07, 6.45) is 5.72. The minimum absolute atomic E-state index is 0.152. The van der Waals surface area contributed by atoms with Crippen molar-refractivity contribution in [2.75, 3.05) is 5.32 Å². The summed E-state index contributed by atoms with van der Waals surface area (Å²) >= 11 is 0. The third-order valence-corrected chi connectivity index (χ3v) is 7.58. The fourth-order valence-corrected chi connectivity index (χ4v) is 5.20. The van der Waals surface area contributed by atoms with Crippen LogP contribution >= 0.6 is 0 Å². The van der Waals surface area contributed by atoms with Crippen molar-refractivity contribution < 1.29 is 22.7 Å². The molecule has 170 valence electrons. The molecule has 0 aliphatic heterocycles. The van der Waals surface area contributed by atoms with E-state index in [9.17, 15) is 23.6 Å².